The summed E-state index contributed by atoms with van der Waals surface area (Å²) in [6.45, 7) is 7.53. The minimum atomic E-state index is -0.668. The summed E-state index contributed by atoms with van der Waals surface area (Å²) in [6, 6.07) is 16.6. The normalized spacial score (nSPS) is 17.9. The number of thiazole rings is 1. The van der Waals surface area contributed by atoms with Crippen LogP contribution in [-0.2, 0) is 5.41 Å². The Balaban J connectivity index is 1.17. The minimum absolute atomic E-state index is 0.120. The van der Waals surface area contributed by atoms with E-state index in [0.29, 0.717) is 24.1 Å². The van der Waals surface area contributed by atoms with Crippen molar-refractivity contribution in [3.8, 4) is 12.3 Å². The Bertz CT molecular complexity index is 1220. The van der Waals surface area contributed by atoms with Gasteiger partial charge in [0.05, 0.1) is 11.1 Å². The summed E-state index contributed by atoms with van der Waals surface area (Å²) in [4.78, 5) is 21.7. The fourth-order valence-corrected chi connectivity index (χ4v) is 5.63. The molecule has 2 aromatic carbocycles. The molecule has 35 heavy (non-hydrogen) atoms. The van der Waals surface area contributed by atoms with Crippen molar-refractivity contribution >= 4 is 44.1 Å². The number of urea groups is 1. The first kappa shape index (κ1) is 23.9. The number of anilines is 2. The molecular formula is C27H28BrN5OS. The Kier molecular flexibility index (Phi) is 6.83. The van der Waals surface area contributed by atoms with Gasteiger partial charge in [-0.3, -0.25) is 5.32 Å². The quantitative estimate of drug-likeness (QED) is 0.445. The van der Waals surface area contributed by atoms with E-state index in [1.807, 2.05) is 41.5 Å². The van der Waals surface area contributed by atoms with Crippen LogP contribution in [0.4, 0.5) is 15.6 Å². The first-order chi connectivity index (χ1) is 17.0. The average Bonchev–Trinajstić information content (AvgIpc) is 3.33. The van der Waals surface area contributed by atoms with E-state index in [1.54, 1.807) is 0 Å². The predicted octanol–water partition coefficient (Wildman–Crippen LogP) is 4.89. The second-order valence-electron chi connectivity index (χ2n) is 9.17. The van der Waals surface area contributed by atoms with E-state index in [4.69, 9.17) is 6.42 Å². The number of hydrogen-bond donors (Lipinski definition) is 2. The lowest BCUT2D eigenvalue weighted by molar-refractivity contribution is 0.164. The molecule has 0 radical (unpaired) electrons. The highest BCUT2D eigenvalue weighted by atomic mass is 79.9. The molecule has 2 fully saturated rings. The van der Waals surface area contributed by atoms with Crippen LogP contribution in [0.2, 0.25) is 0 Å². The van der Waals surface area contributed by atoms with E-state index in [9.17, 15) is 4.79 Å². The summed E-state index contributed by atoms with van der Waals surface area (Å²) in [7, 11) is 0. The van der Waals surface area contributed by atoms with Crippen molar-refractivity contribution in [2.45, 2.75) is 18.3 Å². The molecule has 2 saturated heterocycles. The predicted molar refractivity (Wildman–Crippen MR) is 146 cm³/mol. The molecule has 1 aromatic heterocycles. The van der Waals surface area contributed by atoms with Gasteiger partial charge in [0, 0.05) is 60.7 Å². The number of rotatable bonds is 5. The van der Waals surface area contributed by atoms with Crippen LogP contribution < -0.4 is 15.5 Å². The van der Waals surface area contributed by atoms with Crippen LogP contribution in [-0.4, -0.2) is 55.2 Å². The Morgan fingerprint density at radius 1 is 1.17 bits per heavy atom. The second kappa shape index (κ2) is 10.0. The molecule has 5 rings (SSSR count). The maximum atomic E-state index is 12.8. The van der Waals surface area contributed by atoms with E-state index in [0.717, 1.165) is 41.9 Å². The van der Waals surface area contributed by atoms with E-state index >= 15 is 0 Å². The zero-order valence-electron chi connectivity index (χ0n) is 19.6. The van der Waals surface area contributed by atoms with Crippen molar-refractivity contribution in [1.29, 1.82) is 0 Å². The van der Waals surface area contributed by atoms with E-state index in [1.165, 1.54) is 22.6 Å². The average molecular weight is 551 g/mol. The largest absolute Gasteiger partial charge is 0.369 e. The monoisotopic (exact) mass is 549 g/mol. The number of terminal acetylenes is 1. The van der Waals surface area contributed by atoms with Crippen LogP contribution in [0, 0.1) is 12.3 Å². The maximum Gasteiger partial charge on any atom is 0.323 e. The molecule has 0 bridgehead atoms. The van der Waals surface area contributed by atoms with Crippen LogP contribution in [0.1, 0.15) is 29.7 Å². The number of benzene rings is 2. The first-order valence-corrected chi connectivity index (χ1v) is 13.4. The van der Waals surface area contributed by atoms with Gasteiger partial charge < -0.3 is 15.1 Å². The van der Waals surface area contributed by atoms with Crippen LogP contribution in [0.25, 0.3) is 0 Å². The van der Waals surface area contributed by atoms with Crippen molar-refractivity contribution in [3.63, 3.8) is 0 Å². The lowest BCUT2D eigenvalue weighted by Gasteiger charge is -2.39. The summed E-state index contributed by atoms with van der Waals surface area (Å²) in [5, 5.41) is 8.83. The topological polar surface area (TPSA) is 60.5 Å². The summed E-state index contributed by atoms with van der Waals surface area (Å²) in [6.07, 6.45) is 5.92. The molecule has 3 heterocycles. The molecule has 0 aliphatic carbocycles. The summed E-state index contributed by atoms with van der Waals surface area (Å²) in [5.74, 6) is 3.26. The first-order valence-electron chi connectivity index (χ1n) is 11.8. The highest BCUT2D eigenvalue weighted by Crippen LogP contribution is 2.35. The zero-order valence-corrected chi connectivity index (χ0v) is 22.0. The Morgan fingerprint density at radius 3 is 2.51 bits per heavy atom. The van der Waals surface area contributed by atoms with E-state index in [2.05, 4.69) is 66.6 Å². The zero-order chi connectivity index (χ0) is 24.4. The highest BCUT2D eigenvalue weighted by Gasteiger charge is 2.33. The number of nitrogens with zero attached hydrogens (tertiary/aromatic N) is 3. The van der Waals surface area contributed by atoms with Crippen LogP contribution in [0.5, 0.6) is 0 Å². The number of piperazine rings is 1. The fraction of sp³-hybridized carbons (Fsp3) is 0.333. The third-order valence-electron chi connectivity index (χ3n) is 6.96. The molecule has 1 atom stereocenters. The van der Waals surface area contributed by atoms with Crippen molar-refractivity contribution in [3.05, 3.63) is 75.2 Å². The van der Waals surface area contributed by atoms with Gasteiger partial charge in [0.1, 0.15) is 0 Å². The molecule has 3 aromatic rings. The molecule has 2 aliphatic rings. The molecule has 1 unspecified atom stereocenters. The third-order valence-corrected chi connectivity index (χ3v) is 8.24. The Labute approximate surface area is 218 Å². The molecule has 0 saturated carbocycles. The molecule has 8 heteroatoms. The van der Waals surface area contributed by atoms with Crippen LogP contribution in [0.3, 0.4) is 0 Å². The highest BCUT2D eigenvalue weighted by molar-refractivity contribution is 9.10. The van der Waals surface area contributed by atoms with Gasteiger partial charge in [-0.15, -0.1) is 17.8 Å². The smallest absolute Gasteiger partial charge is 0.323 e. The summed E-state index contributed by atoms with van der Waals surface area (Å²) < 4.78 is 0.996. The second-order valence-corrected chi connectivity index (χ2v) is 10.9. The van der Waals surface area contributed by atoms with E-state index in [-0.39, 0.29) is 6.03 Å². The van der Waals surface area contributed by atoms with Gasteiger partial charge in [0.2, 0.25) is 0 Å². The standard InChI is InChI=1S/C27H28BrN5OS/c1-3-27(2,21-6-8-22(28)9-7-21)24-18-35-25(30-24)31-26(34)33-16-20(17-33)19-4-10-23(11-5-19)32-14-12-29-13-15-32/h1,4-11,18,20,29H,12-17H2,2H3,(H,30,31,34). The Morgan fingerprint density at radius 2 is 1.86 bits per heavy atom. The van der Waals surface area contributed by atoms with Crippen LogP contribution >= 0.6 is 27.3 Å². The van der Waals surface area contributed by atoms with Gasteiger partial charge in [0.15, 0.2) is 5.13 Å². The molecule has 180 valence electrons. The molecule has 2 aliphatic heterocycles. The SMILES string of the molecule is C#CC(C)(c1ccc(Br)cc1)c1csc(NC(=O)N2CC(c3ccc(N4CCNCC4)cc3)C2)n1. The molecule has 0 spiro atoms. The number of likely N-dealkylation sites (tertiary alicyclic amines) is 1. The third kappa shape index (κ3) is 4.94. The number of carbonyl (C=O) groups excluding carboxylic acids is 1. The number of nitrogens with one attached hydrogen (secondary N) is 2. The molecular weight excluding hydrogens is 522 g/mol. The van der Waals surface area contributed by atoms with Gasteiger partial charge in [-0.2, -0.15) is 0 Å². The molecule has 2 amide bonds. The van der Waals surface area contributed by atoms with E-state index < -0.39 is 5.41 Å². The number of aromatic nitrogens is 1. The number of carbonyl (C=O) groups is 1. The summed E-state index contributed by atoms with van der Waals surface area (Å²) >= 11 is 4.86. The lowest BCUT2D eigenvalue weighted by Crippen LogP contribution is -2.50. The fourth-order valence-electron chi connectivity index (χ4n) is 4.56. The number of halogens is 1. The van der Waals surface area contributed by atoms with Crippen molar-refractivity contribution in [2.24, 2.45) is 0 Å². The van der Waals surface area contributed by atoms with Gasteiger partial charge >= 0.3 is 6.03 Å². The molecule has 6 nitrogen and oxygen atoms in total. The van der Waals surface area contributed by atoms with Gasteiger partial charge in [-0.1, -0.05) is 46.1 Å². The lowest BCUT2D eigenvalue weighted by atomic mass is 9.81. The van der Waals surface area contributed by atoms with Gasteiger partial charge in [0.25, 0.3) is 0 Å². The maximum absolute atomic E-state index is 12.8. The van der Waals surface area contributed by atoms with Crippen molar-refractivity contribution in [2.75, 3.05) is 49.5 Å². The Hall–Kier alpha value is -2.86. The minimum Gasteiger partial charge on any atom is -0.369 e. The number of hydrogen-bond acceptors (Lipinski definition) is 5. The van der Waals surface area contributed by atoms with Crippen LogP contribution in [0.15, 0.2) is 58.4 Å². The van der Waals surface area contributed by atoms with Gasteiger partial charge in [-0.05, 0) is 42.3 Å². The molecule has 2 N–H and O–H groups in total. The van der Waals surface area contributed by atoms with Gasteiger partial charge in [-0.25, -0.2) is 9.78 Å². The number of amides is 2. The van der Waals surface area contributed by atoms with Crippen molar-refractivity contribution < 1.29 is 4.79 Å². The summed E-state index contributed by atoms with van der Waals surface area (Å²) in [5.41, 5.74) is 3.63. The van der Waals surface area contributed by atoms with Crippen molar-refractivity contribution in [1.82, 2.24) is 15.2 Å².